The Hall–Kier alpha value is -1.60. The van der Waals surface area contributed by atoms with E-state index in [9.17, 15) is 0 Å². The third-order valence-electron chi connectivity index (χ3n) is 1.18. The van der Waals surface area contributed by atoms with E-state index in [0.717, 1.165) is 5.69 Å². The van der Waals surface area contributed by atoms with Crippen LogP contribution in [0.2, 0.25) is 0 Å². The molecule has 0 N–H and O–H groups in total. The normalized spacial score (nSPS) is 13.2. The van der Waals surface area contributed by atoms with E-state index in [2.05, 4.69) is 15.7 Å². The third-order valence-corrected chi connectivity index (χ3v) is 1.18. The van der Waals surface area contributed by atoms with Crippen LogP contribution in [0.4, 0.5) is 0 Å². The number of hydrogen-bond acceptors (Lipinski definition) is 3. The Kier molecular flexibility index (Phi) is 1.03. The molecule has 0 saturated heterocycles. The maximum Gasteiger partial charge on any atom is 0.182 e. The van der Waals surface area contributed by atoms with Crippen molar-refractivity contribution in [3.63, 3.8) is 0 Å². The van der Waals surface area contributed by atoms with Gasteiger partial charge in [-0.15, -0.1) is 0 Å². The summed E-state index contributed by atoms with van der Waals surface area (Å²) in [7, 11) is 0. The second kappa shape index (κ2) is 1.97. The number of rotatable bonds is 0. The van der Waals surface area contributed by atoms with Crippen molar-refractivity contribution in [2.24, 2.45) is 4.99 Å². The van der Waals surface area contributed by atoms with Crippen LogP contribution in [-0.4, -0.2) is 11.2 Å². The Bertz CT molecular complexity index is 329. The van der Waals surface area contributed by atoms with Gasteiger partial charge in [0.1, 0.15) is 5.69 Å². The molecule has 0 radical (unpaired) electrons. The fourth-order valence-electron chi connectivity index (χ4n) is 0.733. The van der Waals surface area contributed by atoms with E-state index >= 15 is 0 Å². The van der Waals surface area contributed by atoms with Crippen LogP contribution >= 0.6 is 0 Å². The van der Waals surface area contributed by atoms with E-state index in [1.807, 2.05) is 0 Å². The highest BCUT2D eigenvalue weighted by Crippen LogP contribution is 2.07. The molecule has 0 atom stereocenters. The summed E-state index contributed by atoms with van der Waals surface area (Å²) in [6.07, 6.45) is 6.29. The molecule has 2 heterocycles. The van der Waals surface area contributed by atoms with Crippen molar-refractivity contribution in [2.75, 3.05) is 0 Å². The molecular formula is C7H4N2O. The van der Waals surface area contributed by atoms with Crippen molar-refractivity contribution < 1.29 is 4.42 Å². The first-order valence-electron chi connectivity index (χ1n) is 2.84. The first-order chi connectivity index (χ1) is 4.97. The zero-order valence-electron chi connectivity index (χ0n) is 5.11. The summed E-state index contributed by atoms with van der Waals surface area (Å²) in [6.45, 7) is 0. The Morgan fingerprint density at radius 1 is 1.50 bits per heavy atom. The number of nitrogens with zero attached hydrogens (tertiary/aromatic N) is 2. The zero-order chi connectivity index (χ0) is 6.81. The van der Waals surface area contributed by atoms with Crippen molar-refractivity contribution in [3.05, 3.63) is 29.8 Å². The Labute approximate surface area is 57.4 Å². The van der Waals surface area contributed by atoms with E-state index < -0.39 is 0 Å². The first-order valence-corrected chi connectivity index (χ1v) is 2.84. The summed E-state index contributed by atoms with van der Waals surface area (Å²) in [5.41, 5.74) is 3.56. The second-order valence-corrected chi connectivity index (χ2v) is 1.82. The first kappa shape index (κ1) is 5.21. The summed E-state index contributed by atoms with van der Waals surface area (Å²) >= 11 is 0. The average Bonchev–Trinajstić information content (AvgIpc) is 2.28. The van der Waals surface area contributed by atoms with Crippen molar-refractivity contribution in [3.8, 4) is 0 Å². The van der Waals surface area contributed by atoms with Gasteiger partial charge in [0, 0.05) is 6.08 Å². The summed E-state index contributed by atoms with van der Waals surface area (Å²) in [6, 6.07) is 0. The van der Waals surface area contributed by atoms with Crippen LogP contribution in [0.1, 0.15) is 11.5 Å². The highest BCUT2D eigenvalue weighted by molar-refractivity contribution is 5.82. The Morgan fingerprint density at radius 3 is 3.50 bits per heavy atom. The van der Waals surface area contributed by atoms with Gasteiger partial charge in [0.15, 0.2) is 12.2 Å². The van der Waals surface area contributed by atoms with E-state index in [-0.39, 0.29) is 0 Å². The van der Waals surface area contributed by atoms with Gasteiger partial charge in [-0.1, -0.05) is 5.73 Å². The van der Waals surface area contributed by atoms with Crippen molar-refractivity contribution >= 4 is 12.3 Å². The lowest BCUT2D eigenvalue weighted by molar-refractivity contribution is 0.548. The van der Waals surface area contributed by atoms with Gasteiger partial charge < -0.3 is 4.42 Å². The molecule has 1 aromatic rings. The van der Waals surface area contributed by atoms with Gasteiger partial charge in [0.05, 0.1) is 12.4 Å². The largest absolute Gasteiger partial charge is 0.443 e. The van der Waals surface area contributed by atoms with Crippen molar-refractivity contribution in [1.29, 1.82) is 0 Å². The van der Waals surface area contributed by atoms with Crippen LogP contribution in [-0.2, 0) is 0 Å². The number of fused-ring (bicyclic) bond motifs is 1. The summed E-state index contributed by atoms with van der Waals surface area (Å²) in [4.78, 5) is 7.78. The molecule has 1 aliphatic rings. The molecule has 2 rings (SSSR count). The summed E-state index contributed by atoms with van der Waals surface area (Å²) in [5.74, 6) is 0.706. The van der Waals surface area contributed by atoms with Crippen LogP contribution in [0.25, 0.3) is 6.08 Å². The molecule has 1 aliphatic heterocycles. The number of oxazole rings is 1. The predicted molar refractivity (Wildman–Crippen MR) is 36.6 cm³/mol. The van der Waals surface area contributed by atoms with Crippen LogP contribution in [0, 0.1) is 0 Å². The molecule has 0 bridgehead atoms. The van der Waals surface area contributed by atoms with Crippen molar-refractivity contribution in [2.45, 2.75) is 0 Å². The third kappa shape index (κ3) is 0.694. The highest BCUT2D eigenvalue weighted by atomic mass is 16.3. The maximum atomic E-state index is 5.00. The Balaban J connectivity index is 2.68. The van der Waals surface area contributed by atoms with Gasteiger partial charge in [-0.2, -0.15) is 0 Å². The monoisotopic (exact) mass is 132 g/mol. The molecule has 3 heteroatoms. The Morgan fingerprint density at radius 2 is 2.50 bits per heavy atom. The topological polar surface area (TPSA) is 38.4 Å². The molecule has 0 aromatic carbocycles. The van der Waals surface area contributed by atoms with Gasteiger partial charge in [-0.05, 0) is 0 Å². The van der Waals surface area contributed by atoms with Crippen LogP contribution in [0.5, 0.6) is 0 Å². The molecule has 0 saturated carbocycles. The molecule has 0 aliphatic carbocycles. The van der Waals surface area contributed by atoms with Crippen LogP contribution in [0.3, 0.4) is 0 Å². The SMILES string of the molecule is C1=CN=Cc2ncoc2C=1. The molecule has 0 spiro atoms. The number of aliphatic imine (C=N–C) groups is 1. The van der Waals surface area contributed by atoms with Crippen LogP contribution < -0.4 is 0 Å². The minimum atomic E-state index is 0.706. The number of hydrogen-bond donors (Lipinski definition) is 0. The maximum absolute atomic E-state index is 5.00. The predicted octanol–water partition coefficient (Wildman–Crippen LogP) is 1.23. The molecule has 0 fully saturated rings. The lowest BCUT2D eigenvalue weighted by Gasteiger charge is -1.79. The van der Waals surface area contributed by atoms with Gasteiger partial charge in [-0.25, -0.2) is 4.98 Å². The molecule has 0 unspecified atom stereocenters. The fourth-order valence-corrected chi connectivity index (χ4v) is 0.733. The van der Waals surface area contributed by atoms with E-state index in [4.69, 9.17) is 4.42 Å². The molecule has 3 nitrogen and oxygen atoms in total. The lowest BCUT2D eigenvalue weighted by Crippen LogP contribution is -1.80. The fraction of sp³-hybridized carbons (Fsp3) is 0. The van der Waals surface area contributed by atoms with Gasteiger partial charge in [0.2, 0.25) is 0 Å². The summed E-state index contributed by atoms with van der Waals surface area (Å²) < 4.78 is 5.00. The highest BCUT2D eigenvalue weighted by Gasteiger charge is 2.01. The molecule has 10 heavy (non-hydrogen) atoms. The van der Waals surface area contributed by atoms with Crippen molar-refractivity contribution in [1.82, 2.24) is 4.98 Å². The lowest BCUT2D eigenvalue weighted by atomic mass is 10.3. The minimum Gasteiger partial charge on any atom is -0.443 e. The molecule has 0 amide bonds. The van der Waals surface area contributed by atoms with Gasteiger partial charge in [-0.3, -0.25) is 4.99 Å². The molecular weight excluding hydrogens is 128 g/mol. The van der Waals surface area contributed by atoms with E-state index in [0.29, 0.717) is 5.76 Å². The molecule has 48 valence electrons. The average molecular weight is 132 g/mol. The number of aromatic nitrogens is 1. The van der Waals surface area contributed by atoms with E-state index in [1.165, 1.54) is 6.39 Å². The standard InChI is InChI=1S/C7H4N2O/c1-2-7-6(4-8-3-1)9-5-10-7/h2-5H. The van der Waals surface area contributed by atoms with Gasteiger partial charge in [0.25, 0.3) is 0 Å². The van der Waals surface area contributed by atoms with E-state index in [1.54, 1.807) is 18.5 Å². The van der Waals surface area contributed by atoms with Gasteiger partial charge >= 0.3 is 0 Å². The second-order valence-electron chi connectivity index (χ2n) is 1.82. The van der Waals surface area contributed by atoms with Crippen LogP contribution in [0.15, 0.2) is 27.7 Å². The summed E-state index contributed by atoms with van der Waals surface area (Å²) in [5, 5.41) is 0. The smallest absolute Gasteiger partial charge is 0.182 e. The molecule has 1 aromatic heterocycles. The minimum absolute atomic E-state index is 0.706. The zero-order valence-corrected chi connectivity index (χ0v) is 5.11. The quantitative estimate of drug-likeness (QED) is 0.498.